The number of amides is 1. The maximum Gasteiger partial charge on any atom is 0.224 e. The number of nitrogens with one attached hydrogen (secondary N) is 1. The summed E-state index contributed by atoms with van der Waals surface area (Å²) < 4.78 is 7.62. The second-order valence-corrected chi connectivity index (χ2v) is 6.01. The van der Waals surface area contributed by atoms with Gasteiger partial charge in [-0.25, -0.2) is 0 Å². The Hall–Kier alpha value is -2.08. The number of hydrogen-bond acceptors (Lipinski definition) is 4. The fraction of sp³-hybridized carbons (Fsp3) is 0.438. The molecule has 3 rings (SSSR count). The van der Waals surface area contributed by atoms with E-state index in [1.165, 1.54) is 0 Å². The number of halogens is 1. The molecule has 0 saturated heterocycles. The lowest BCUT2D eigenvalue weighted by Crippen LogP contribution is -2.29. The van der Waals surface area contributed by atoms with Crippen LogP contribution in [0.25, 0.3) is 0 Å². The molecule has 1 N–H and O–H groups in total. The van der Waals surface area contributed by atoms with Crippen molar-refractivity contribution in [2.24, 2.45) is 0 Å². The quantitative estimate of drug-likeness (QED) is 0.881. The molecule has 23 heavy (non-hydrogen) atoms. The number of fused-ring (bicyclic) bond motifs is 1. The number of carbonyl (C=O) groups excluding carboxylic acids is 1. The maximum absolute atomic E-state index is 12.0. The molecule has 0 fully saturated rings. The topological polar surface area (TPSA) is 69.0 Å². The van der Waals surface area contributed by atoms with Crippen molar-refractivity contribution >= 4 is 17.5 Å². The largest absolute Gasteiger partial charge is 0.493 e. The van der Waals surface area contributed by atoms with Gasteiger partial charge >= 0.3 is 0 Å². The molecule has 0 bridgehead atoms. The van der Waals surface area contributed by atoms with Crippen molar-refractivity contribution in [2.75, 3.05) is 6.61 Å². The lowest BCUT2D eigenvalue weighted by molar-refractivity contribution is -0.122. The van der Waals surface area contributed by atoms with E-state index in [9.17, 15) is 4.79 Å². The highest BCUT2D eigenvalue weighted by atomic mass is 35.5. The molecule has 1 aliphatic heterocycles. The van der Waals surface area contributed by atoms with E-state index >= 15 is 0 Å². The van der Waals surface area contributed by atoms with Crippen LogP contribution in [0.1, 0.15) is 37.5 Å². The third-order valence-corrected chi connectivity index (χ3v) is 4.03. The van der Waals surface area contributed by atoms with Crippen LogP contribution in [0, 0.1) is 0 Å². The minimum atomic E-state index is -0.159. The number of carbonyl (C=O) groups is 1. The molecule has 2 aromatic rings. The first-order valence-corrected chi connectivity index (χ1v) is 8.11. The SMILES string of the molecule is CC(NC(=O)CCOc1cccc(Cl)c1)c1nnc2n1CCC2. The predicted molar refractivity (Wildman–Crippen MR) is 86.5 cm³/mol. The van der Waals surface area contributed by atoms with Gasteiger partial charge in [-0.1, -0.05) is 17.7 Å². The van der Waals surface area contributed by atoms with Gasteiger partial charge in [0.05, 0.1) is 19.1 Å². The van der Waals surface area contributed by atoms with E-state index in [0.717, 1.165) is 31.0 Å². The van der Waals surface area contributed by atoms with Gasteiger partial charge in [-0.05, 0) is 31.5 Å². The minimum absolute atomic E-state index is 0.0742. The van der Waals surface area contributed by atoms with Crippen LogP contribution in [-0.2, 0) is 17.8 Å². The second-order valence-electron chi connectivity index (χ2n) is 5.57. The van der Waals surface area contributed by atoms with Crippen molar-refractivity contribution < 1.29 is 9.53 Å². The summed E-state index contributed by atoms with van der Waals surface area (Å²) in [6.07, 6.45) is 2.32. The first kappa shape index (κ1) is 15.8. The van der Waals surface area contributed by atoms with Gasteiger partial charge in [0.25, 0.3) is 0 Å². The van der Waals surface area contributed by atoms with Crippen molar-refractivity contribution in [3.63, 3.8) is 0 Å². The summed E-state index contributed by atoms with van der Waals surface area (Å²) in [5.41, 5.74) is 0. The lowest BCUT2D eigenvalue weighted by atomic mass is 10.3. The zero-order valence-corrected chi connectivity index (χ0v) is 13.7. The Labute approximate surface area is 139 Å². The standard InChI is InChI=1S/C16H19ClN4O2/c1-11(16-20-19-14-6-3-8-21(14)16)18-15(22)7-9-23-13-5-2-4-12(17)10-13/h2,4-5,10-11H,3,6-9H2,1H3,(H,18,22). The number of rotatable bonds is 6. The monoisotopic (exact) mass is 334 g/mol. The molecule has 0 radical (unpaired) electrons. The summed E-state index contributed by atoms with van der Waals surface area (Å²) in [5.74, 6) is 2.41. The van der Waals surface area contributed by atoms with Gasteiger partial charge in [-0.3, -0.25) is 4.79 Å². The Kier molecular flexibility index (Phi) is 4.81. The van der Waals surface area contributed by atoms with Crippen LogP contribution >= 0.6 is 11.6 Å². The Balaban J connectivity index is 1.47. The van der Waals surface area contributed by atoms with Crippen molar-refractivity contribution in [3.05, 3.63) is 40.9 Å². The molecular weight excluding hydrogens is 316 g/mol. The highest BCUT2D eigenvalue weighted by molar-refractivity contribution is 6.30. The third kappa shape index (κ3) is 3.82. The van der Waals surface area contributed by atoms with Gasteiger partial charge in [0, 0.05) is 18.0 Å². The Morgan fingerprint density at radius 1 is 1.48 bits per heavy atom. The number of benzene rings is 1. The number of aromatic nitrogens is 3. The average Bonchev–Trinajstić information content (AvgIpc) is 3.09. The Bertz CT molecular complexity index is 701. The van der Waals surface area contributed by atoms with Gasteiger partial charge < -0.3 is 14.6 Å². The lowest BCUT2D eigenvalue weighted by Gasteiger charge is -2.14. The van der Waals surface area contributed by atoms with E-state index in [4.69, 9.17) is 16.3 Å². The van der Waals surface area contributed by atoms with Gasteiger partial charge in [0.15, 0.2) is 5.82 Å². The smallest absolute Gasteiger partial charge is 0.224 e. The summed E-state index contributed by atoms with van der Waals surface area (Å²) in [5, 5.41) is 11.9. The van der Waals surface area contributed by atoms with Gasteiger partial charge in [-0.2, -0.15) is 0 Å². The summed E-state index contributed by atoms with van der Waals surface area (Å²) in [7, 11) is 0. The molecular formula is C16H19ClN4O2. The molecule has 1 amide bonds. The normalized spacial score (nSPS) is 14.3. The number of nitrogens with zero attached hydrogens (tertiary/aromatic N) is 3. The van der Waals surface area contributed by atoms with Crippen LogP contribution in [0.2, 0.25) is 5.02 Å². The van der Waals surface area contributed by atoms with Crippen molar-refractivity contribution in [2.45, 2.75) is 38.8 Å². The number of ether oxygens (including phenoxy) is 1. The van der Waals surface area contributed by atoms with Crippen molar-refractivity contribution in [1.29, 1.82) is 0 Å². The van der Waals surface area contributed by atoms with Crippen LogP contribution in [0.4, 0.5) is 0 Å². The fourth-order valence-electron chi connectivity index (χ4n) is 2.69. The first-order valence-electron chi connectivity index (χ1n) is 7.73. The van der Waals surface area contributed by atoms with E-state index < -0.39 is 0 Å². The van der Waals surface area contributed by atoms with Crippen LogP contribution in [-0.4, -0.2) is 27.3 Å². The van der Waals surface area contributed by atoms with Gasteiger partial charge in [-0.15, -0.1) is 10.2 Å². The maximum atomic E-state index is 12.0. The fourth-order valence-corrected chi connectivity index (χ4v) is 2.87. The Morgan fingerprint density at radius 2 is 2.35 bits per heavy atom. The molecule has 1 atom stereocenters. The Morgan fingerprint density at radius 3 is 3.17 bits per heavy atom. The van der Waals surface area contributed by atoms with Gasteiger partial charge in [0.1, 0.15) is 11.6 Å². The highest BCUT2D eigenvalue weighted by Gasteiger charge is 2.22. The predicted octanol–water partition coefficient (Wildman–Crippen LogP) is 2.52. The van der Waals surface area contributed by atoms with Crippen LogP contribution in [0.5, 0.6) is 5.75 Å². The third-order valence-electron chi connectivity index (χ3n) is 3.80. The van der Waals surface area contributed by atoms with Crippen LogP contribution in [0.15, 0.2) is 24.3 Å². The zero-order valence-electron chi connectivity index (χ0n) is 13.0. The zero-order chi connectivity index (χ0) is 16.2. The summed E-state index contributed by atoms with van der Waals surface area (Å²) in [6, 6.07) is 6.96. The molecule has 1 unspecified atom stereocenters. The van der Waals surface area contributed by atoms with Crippen molar-refractivity contribution in [1.82, 2.24) is 20.1 Å². The molecule has 2 heterocycles. The van der Waals surface area contributed by atoms with Crippen LogP contribution < -0.4 is 10.1 Å². The van der Waals surface area contributed by atoms with Crippen LogP contribution in [0.3, 0.4) is 0 Å². The van der Waals surface area contributed by atoms with E-state index in [-0.39, 0.29) is 18.4 Å². The van der Waals surface area contributed by atoms with Crippen molar-refractivity contribution in [3.8, 4) is 5.75 Å². The summed E-state index contributed by atoms with van der Waals surface area (Å²) in [4.78, 5) is 12.0. The number of aryl methyl sites for hydroxylation is 1. The van der Waals surface area contributed by atoms with E-state index in [2.05, 4.69) is 20.1 Å². The first-order chi connectivity index (χ1) is 11.1. The highest BCUT2D eigenvalue weighted by Crippen LogP contribution is 2.19. The average molecular weight is 335 g/mol. The van der Waals surface area contributed by atoms with E-state index in [1.807, 2.05) is 19.1 Å². The van der Waals surface area contributed by atoms with E-state index in [0.29, 0.717) is 17.4 Å². The summed E-state index contributed by atoms with van der Waals surface area (Å²) in [6.45, 7) is 3.15. The molecule has 1 aliphatic rings. The molecule has 1 aromatic heterocycles. The minimum Gasteiger partial charge on any atom is -0.493 e. The molecule has 1 aromatic carbocycles. The molecule has 0 spiro atoms. The molecule has 122 valence electrons. The number of hydrogen-bond donors (Lipinski definition) is 1. The van der Waals surface area contributed by atoms with E-state index in [1.54, 1.807) is 12.1 Å². The molecule has 6 nitrogen and oxygen atoms in total. The molecule has 0 saturated carbocycles. The summed E-state index contributed by atoms with van der Waals surface area (Å²) >= 11 is 5.88. The van der Waals surface area contributed by atoms with Gasteiger partial charge in [0.2, 0.25) is 5.91 Å². The molecule has 0 aliphatic carbocycles. The molecule has 7 heteroatoms. The second kappa shape index (κ2) is 7.00.